The van der Waals surface area contributed by atoms with Gasteiger partial charge in [0.15, 0.2) is 0 Å². The molecule has 13 heavy (non-hydrogen) atoms. The Morgan fingerprint density at radius 1 is 1.23 bits per heavy atom. The normalized spacial score (nSPS) is 14.8. The molecule has 0 aromatic carbocycles. The van der Waals surface area contributed by atoms with E-state index >= 15 is 0 Å². The molecule has 0 atom stereocenters. The second-order valence-electron chi connectivity index (χ2n) is 2.58. The SMILES string of the molecule is Cl.Cl.c1cc(OC2CNC2)ccn1. The minimum atomic E-state index is 0. The molecule has 74 valence electrons. The van der Waals surface area contributed by atoms with Crippen molar-refractivity contribution < 1.29 is 4.74 Å². The third kappa shape index (κ3) is 3.38. The number of nitrogens with zero attached hydrogens (tertiary/aromatic N) is 1. The number of aromatic nitrogens is 1. The van der Waals surface area contributed by atoms with Crippen LogP contribution in [0.15, 0.2) is 24.5 Å². The summed E-state index contributed by atoms with van der Waals surface area (Å²) in [6.07, 6.45) is 3.83. The molecule has 0 unspecified atom stereocenters. The molecule has 2 heterocycles. The molecule has 0 aliphatic carbocycles. The largest absolute Gasteiger partial charge is 0.488 e. The molecule has 1 saturated heterocycles. The molecule has 1 aromatic heterocycles. The van der Waals surface area contributed by atoms with E-state index in [1.54, 1.807) is 12.4 Å². The Bertz CT molecular complexity index is 229. The molecule has 2 rings (SSSR count). The van der Waals surface area contributed by atoms with E-state index in [1.165, 1.54) is 0 Å². The Morgan fingerprint density at radius 3 is 2.31 bits per heavy atom. The van der Waals surface area contributed by atoms with Crippen LogP contribution >= 0.6 is 24.8 Å². The molecule has 1 aliphatic rings. The van der Waals surface area contributed by atoms with E-state index in [9.17, 15) is 0 Å². The highest BCUT2D eigenvalue weighted by Crippen LogP contribution is 2.10. The van der Waals surface area contributed by atoms with Gasteiger partial charge in [0.1, 0.15) is 11.9 Å². The van der Waals surface area contributed by atoms with Crippen LogP contribution in [0.25, 0.3) is 0 Å². The van der Waals surface area contributed by atoms with Gasteiger partial charge in [0.05, 0.1) is 0 Å². The van der Waals surface area contributed by atoms with Crippen LogP contribution in [0.4, 0.5) is 0 Å². The number of halogens is 2. The summed E-state index contributed by atoms with van der Waals surface area (Å²) in [5, 5.41) is 3.14. The molecular weight excluding hydrogens is 211 g/mol. The van der Waals surface area contributed by atoms with E-state index in [4.69, 9.17) is 4.74 Å². The number of pyridine rings is 1. The monoisotopic (exact) mass is 222 g/mol. The zero-order valence-electron chi connectivity index (χ0n) is 6.97. The summed E-state index contributed by atoms with van der Waals surface area (Å²) in [7, 11) is 0. The molecule has 3 nitrogen and oxygen atoms in total. The van der Waals surface area contributed by atoms with Crippen molar-refractivity contribution in [3.05, 3.63) is 24.5 Å². The van der Waals surface area contributed by atoms with Crippen molar-refractivity contribution in [1.82, 2.24) is 10.3 Å². The van der Waals surface area contributed by atoms with Crippen molar-refractivity contribution in [3.8, 4) is 5.75 Å². The van der Waals surface area contributed by atoms with Crippen LogP contribution in [0.2, 0.25) is 0 Å². The summed E-state index contributed by atoms with van der Waals surface area (Å²) in [4.78, 5) is 3.90. The summed E-state index contributed by atoms with van der Waals surface area (Å²) in [6, 6.07) is 3.75. The predicted octanol–water partition coefficient (Wildman–Crippen LogP) is 1.28. The standard InChI is InChI=1S/C8H10N2O.2ClH/c1-3-9-4-2-7(1)11-8-5-10-6-8;;/h1-4,8,10H,5-6H2;2*1H. The second kappa shape index (κ2) is 6.02. The maximum atomic E-state index is 5.55. The van der Waals surface area contributed by atoms with Gasteiger partial charge < -0.3 is 10.1 Å². The summed E-state index contributed by atoms with van der Waals surface area (Å²) in [5.74, 6) is 0.909. The van der Waals surface area contributed by atoms with E-state index in [-0.39, 0.29) is 24.8 Å². The van der Waals surface area contributed by atoms with Crippen LogP contribution in [-0.4, -0.2) is 24.2 Å². The molecule has 0 spiro atoms. The smallest absolute Gasteiger partial charge is 0.123 e. The van der Waals surface area contributed by atoms with Crippen LogP contribution in [0.5, 0.6) is 5.75 Å². The Labute approximate surface area is 89.7 Å². The van der Waals surface area contributed by atoms with Gasteiger partial charge in [-0.1, -0.05) is 0 Å². The topological polar surface area (TPSA) is 34.1 Å². The van der Waals surface area contributed by atoms with Gasteiger partial charge in [0.25, 0.3) is 0 Å². The lowest BCUT2D eigenvalue weighted by atomic mass is 10.2. The Balaban J connectivity index is 0.000000720. The minimum absolute atomic E-state index is 0. The third-order valence-electron chi connectivity index (χ3n) is 1.70. The first-order valence-electron chi connectivity index (χ1n) is 3.72. The Morgan fingerprint density at radius 2 is 1.85 bits per heavy atom. The summed E-state index contributed by atoms with van der Waals surface area (Å²) in [5.41, 5.74) is 0. The van der Waals surface area contributed by atoms with Gasteiger partial charge in [-0.05, 0) is 12.1 Å². The average molecular weight is 223 g/mol. The fraction of sp³-hybridized carbons (Fsp3) is 0.375. The van der Waals surface area contributed by atoms with Crippen molar-refractivity contribution >= 4 is 24.8 Å². The van der Waals surface area contributed by atoms with Gasteiger partial charge in [-0.2, -0.15) is 0 Å². The maximum absolute atomic E-state index is 5.55. The lowest BCUT2D eigenvalue weighted by molar-refractivity contribution is 0.142. The third-order valence-corrected chi connectivity index (χ3v) is 1.70. The zero-order valence-corrected chi connectivity index (χ0v) is 8.61. The van der Waals surface area contributed by atoms with Crippen LogP contribution in [0.1, 0.15) is 0 Å². The van der Waals surface area contributed by atoms with Crippen LogP contribution in [0, 0.1) is 0 Å². The first kappa shape index (κ1) is 12.5. The van der Waals surface area contributed by atoms with Crippen molar-refractivity contribution in [1.29, 1.82) is 0 Å². The quantitative estimate of drug-likeness (QED) is 0.819. The van der Waals surface area contributed by atoms with Gasteiger partial charge in [-0.25, -0.2) is 0 Å². The van der Waals surface area contributed by atoms with E-state index in [1.807, 2.05) is 12.1 Å². The number of rotatable bonds is 2. The molecule has 0 saturated carbocycles. The lowest BCUT2D eigenvalue weighted by Gasteiger charge is -2.27. The molecule has 1 aromatic rings. The van der Waals surface area contributed by atoms with E-state index in [0.717, 1.165) is 18.8 Å². The lowest BCUT2D eigenvalue weighted by Crippen LogP contribution is -2.50. The number of nitrogens with one attached hydrogen (secondary N) is 1. The van der Waals surface area contributed by atoms with Gasteiger partial charge >= 0.3 is 0 Å². The van der Waals surface area contributed by atoms with Crippen LogP contribution in [-0.2, 0) is 0 Å². The summed E-state index contributed by atoms with van der Waals surface area (Å²) in [6.45, 7) is 1.92. The molecule has 0 radical (unpaired) electrons. The highest BCUT2D eigenvalue weighted by atomic mass is 35.5. The van der Waals surface area contributed by atoms with Crippen molar-refractivity contribution in [2.75, 3.05) is 13.1 Å². The fourth-order valence-corrected chi connectivity index (χ4v) is 0.955. The van der Waals surface area contributed by atoms with Crippen LogP contribution in [0.3, 0.4) is 0 Å². The van der Waals surface area contributed by atoms with Gasteiger partial charge in [0, 0.05) is 25.5 Å². The van der Waals surface area contributed by atoms with Crippen molar-refractivity contribution in [3.63, 3.8) is 0 Å². The highest BCUT2D eigenvalue weighted by Gasteiger charge is 2.17. The van der Waals surface area contributed by atoms with Gasteiger partial charge in [0.2, 0.25) is 0 Å². The fourth-order valence-electron chi connectivity index (χ4n) is 0.955. The van der Waals surface area contributed by atoms with Gasteiger partial charge in [-0.3, -0.25) is 4.98 Å². The Kier molecular flexibility index (Phi) is 5.79. The number of ether oxygens (including phenoxy) is 1. The summed E-state index contributed by atoms with van der Waals surface area (Å²) < 4.78 is 5.55. The van der Waals surface area contributed by atoms with Gasteiger partial charge in [-0.15, -0.1) is 24.8 Å². The zero-order chi connectivity index (χ0) is 7.52. The average Bonchev–Trinajstić information content (AvgIpc) is 1.99. The molecule has 5 heteroatoms. The highest BCUT2D eigenvalue weighted by molar-refractivity contribution is 5.85. The second-order valence-corrected chi connectivity index (χ2v) is 2.58. The number of hydrogen-bond donors (Lipinski definition) is 1. The summed E-state index contributed by atoms with van der Waals surface area (Å²) >= 11 is 0. The van der Waals surface area contributed by atoms with Crippen molar-refractivity contribution in [2.45, 2.75) is 6.10 Å². The molecule has 0 amide bonds. The molecule has 1 fully saturated rings. The van der Waals surface area contributed by atoms with Crippen LogP contribution < -0.4 is 10.1 Å². The van der Waals surface area contributed by atoms with Crippen molar-refractivity contribution in [2.24, 2.45) is 0 Å². The first-order valence-corrected chi connectivity index (χ1v) is 3.72. The van der Waals surface area contributed by atoms with E-state index in [2.05, 4.69) is 10.3 Å². The predicted molar refractivity (Wildman–Crippen MR) is 56.0 cm³/mol. The molecule has 0 bridgehead atoms. The molecular formula is C8H12Cl2N2O. The minimum Gasteiger partial charge on any atom is -0.488 e. The number of hydrogen-bond acceptors (Lipinski definition) is 3. The molecule has 1 aliphatic heterocycles. The van der Waals surface area contributed by atoms with E-state index < -0.39 is 0 Å². The Hall–Kier alpha value is -0.510. The van der Waals surface area contributed by atoms with E-state index in [0.29, 0.717) is 6.10 Å². The maximum Gasteiger partial charge on any atom is 0.123 e. The first-order chi connectivity index (χ1) is 5.45. The molecule has 1 N–H and O–H groups in total.